The molecule has 0 saturated carbocycles. The Morgan fingerprint density at radius 2 is 1.65 bits per heavy atom. The average Bonchev–Trinajstić information content (AvgIpc) is 3.10. The van der Waals surface area contributed by atoms with Gasteiger partial charge in [-0.05, 0) is 41.5 Å². The molecule has 5 nitrogen and oxygen atoms in total. The maximum Gasteiger partial charge on any atom is 0.407 e. The van der Waals surface area contributed by atoms with E-state index in [-0.39, 0.29) is 18.9 Å². The van der Waals surface area contributed by atoms with E-state index in [1.165, 1.54) is 19.3 Å². The molecule has 3 rings (SSSR count). The van der Waals surface area contributed by atoms with Gasteiger partial charge in [0, 0.05) is 5.92 Å². The lowest BCUT2D eigenvalue weighted by Crippen LogP contribution is -2.41. The van der Waals surface area contributed by atoms with E-state index in [0.29, 0.717) is 0 Å². The van der Waals surface area contributed by atoms with E-state index in [4.69, 9.17) is 4.74 Å². The van der Waals surface area contributed by atoms with Crippen molar-refractivity contribution in [2.24, 2.45) is 0 Å². The number of carbonyl (C=O) groups is 2. The number of benzene rings is 2. The predicted octanol–water partition coefficient (Wildman–Crippen LogP) is 5.90. The number of fused-ring (bicyclic) bond motifs is 3. The van der Waals surface area contributed by atoms with E-state index in [0.717, 1.165) is 35.1 Å². The molecular formula is C26H31NO4. The Balaban J connectivity index is 1.53. The first-order valence-corrected chi connectivity index (χ1v) is 11.1. The Hall–Kier alpha value is -3.08. The maximum atomic E-state index is 12.3. The molecule has 0 aliphatic heterocycles. The van der Waals surface area contributed by atoms with Crippen molar-refractivity contribution in [3.05, 3.63) is 71.8 Å². The first-order chi connectivity index (χ1) is 15.1. The normalized spacial score (nSPS) is 13.6. The predicted molar refractivity (Wildman–Crippen MR) is 122 cm³/mol. The van der Waals surface area contributed by atoms with Crippen LogP contribution >= 0.6 is 0 Å². The fourth-order valence-electron chi connectivity index (χ4n) is 4.04. The monoisotopic (exact) mass is 421 g/mol. The molecule has 5 heteroatoms. The first-order valence-electron chi connectivity index (χ1n) is 11.1. The second-order valence-electron chi connectivity index (χ2n) is 7.92. The molecule has 164 valence electrons. The Morgan fingerprint density at radius 3 is 2.26 bits per heavy atom. The standard InChI is InChI=1S/C26H31NO4/c1-2-3-4-5-6-7-8-17-24(25(28)29)27-26(30)31-18-23-21-15-11-9-13-19(21)20-14-10-12-16-22(20)23/h7-16,23-24H,2-6,17-18H2,1H3,(H,27,30)(H,28,29)/b8-7+. The van der Waals surface area contributed by atoms with Gasteiger partial charge in [0.15, 0.2) is 0 Å². The quantitative estimate of drug-likeness (QED) is 0.350. The van der Waals surface area contributed by atoms with E-state index >= 15 is 0 Å². The molecule has 1 aliphatic carbocycles. The van der Waals surface area contributed by atoms with E-state index < -0.39 is 18.1 Å². The highest BCUT2D eigenvalue weighted by Gasteiger charge is 2.29. The zero-order chi connectivity index (χ0) is 22.1. The van der Waals surface area contributed by atoms with Crippen LogP contribution in [-0.2, 0) is 9.53 Å². The second-order valence-corrected chi connectivity index (χ2v) is 7.92. The van der Waals surface area contributed by atoms with E-state index in [9.17, 15) is 14.7 Å². The largest absolute Gasteiger partial charge is 0.480 e. The number of hydrogen-bond donors (Lipinski definition) is 2. The third kappa shape index (κ3) is 5.97. The van der Waals surface area contributed by atoms with Crippen LogP contribution in [0.1, 0.15) is 62.5 Å². The van der Waals surface area contributed by atoms with E-state index in [1.807, 2.05) is 48.6 Å². The first kappa shape index (κ1) is 22.6. The number of rotatable bonds is 11. The van der Waals surface area contributed by atoms with Gasteiger partial charge in [0.2, 0.25) is 0 Å². The molecule has 0 heterocycles. The number of unbranched alkanes of at least 4 members (excludes halogenated alkanes) is 4. The molecule has 1 atom stereocenters. The van der Waals surface area contributed by atoms with Crippen molar-refractivity contribution >= 4 is 12.1 Å². The summed E-state index contributed by atoms with van der Waals surface area (Å²) in [7, 11) is 0. The van der Waals surface area contributed by atoms with E-state index in [2.05, 4.69) is 24.4 Å². The number of amides is 1. The van der Waals surface area contributed by atoms with Crippen LogP contribution in [0.2, 0.25) is 0 Å². The summed E-state index contributed by atoms with van der Waals surface area (Å²) in [6, 6.07) is 15.2. The third-order valence-corrected chi connectivity index (χ3v) is 5.70. The molecule has 0 bridgehead atoms. The summed E-state index contributed by atoms with van der Waals surface area (Å²) in [4.78, 5) is 23.8. The summed E-state index contributed by atoms with van der Waals surface area (Å²) in [6.45, 7) is 2.34. The fourth-order valence-corrected chi connectivity index (χ4v) is 4.04. The molecule has 0 radical (unpaired) electrons. The summed E-state index contributed by atoms with van der Waals surface area (Å²) in [5, 5.41) is 11.9. The number of alkyl carbamates (subject to hydrolysis) is 1. The lowest BCUT2D eigenvalue weighted by molar-refractivity contribution is -0.139. The highest BCUT2D eigenvalue weighted by molar-refractivity contribution is 5.81. The van der Waals surface area contributed by atoms with Gasteiger partial charge in [0.05, 0.1) is 0 Å². The summed E-state index contributed by atoms with van der Waals surface area (Å²) in [6.07, 6.45) is 8.97. The van der Waals surface area contributed by atoms with Crippen molar-refractivity contribution in [3.63, 3.8) is 0 Å². The van der Waals surface area contributed by atoms with Crippen molar-refractivity contribution in [1.29, 1.82) is 0 Å². The lowest BCUT2D eigenvalue weighted by Gasteiger charge is -2.16. The van der Waals surface area contributed by atoms with Gasteiger partial charge in [-0.1, -0.05) is 86.9 Å². The van der Waals surface area contributed by atoms with Crippen LogP contribution in [0.4, 0.5) is 4.79 Å². The molecule has 1 unspecified atom stereocenters. The van der Waals surface area contributed by atoms with Gasteiger partial charge in [-0.3, -0.25) is 0 Å². The van der Waals surface area contributed by atoms with Crippen LogP contribution in [0.5, 0.6) is 0 Å². The molecule has 1 aliphatic rings. The number of nitrogens with one attached hydrogen (secondary N) is 1. The number of carboxylic acids is 1. The second kappa shape index (κ2) is 11.3. The average molecular weight is 422 g/mol. The summed E-state index contributed by atoms with van der Waals surface area (Å²) in [5.41, 5.74) is 4.55. The smallest absolute Gasteiger partial charge is 0.407 e. The summed E-state index contributed by atoms with van der Waals surface area (Å²) < 4.78 is 5.45. The van der Waals surface area contributed by atoms with Crippen molar-refractivity contribution in [3.8, 4) is 11.1 Å². The van der Waals surface area contributed by atoms with Gasteiger partial charge in [0.1, 0.15) is 12.6 Å². The molecule has 1 amide bonds. The molecular weight excluding hydrogens is 390 g/mol. The number of ether oxygens (including phenoxy) is 1. The van der Waals surface area contributed by atoms with Gasteiger partial charge >= 0.3 is 12.1 Å². The van der Waals surface area contributed by atoms with Crippen LogP contribution in [0.15, 0.2) is 60.7 Å². The maximum absolute atomic E-state index is 12.3. The van der Waals surface area contributed by atoms with Crippen molar-refractivity contribution in [1.82, 2.24) is 5.32 Å². The van der Waals surface area contributed by atoms with Gasteiger partial charge in [-0.15, -0.1) is 0 Å². The Morgan fingerprint density at radius 1 is 1.00 bits per heavy atom. The van der Waals surface area contributed by atoms with Crippen LogP contribution in [-0.4, -0.2) is 29.8 Å². The number of aliphatic carboxylic acids is 1. The number of hydrogen-bond acceptors (Lipinski definition) is 3. The van der Waals surface area contributed by atoms with Crippen molar-refractivity contribution < 1.29 is 19.4 Å². The molecule has 31 heavy (non-hydrogen) atoms. The van der Waals surface area contributed by atoms with Crippen LogP contribution in [0.25, 0.3) is 11.1 Å². The van der Waals surface area contributed by atoms with Gasteiger partial charge < -0.3 is 15.2 Å². The zero-order valence-corrected chi connectivity index (χ0v) is 18.0. The Bertz CT molecular complexity index is 876. The van der Waals surface area contributed by atoms with Gasteiger partial charge in [0.25, 0.3) is 0 Å². The highest BCUT2D eigenvalue weighted by atomic mass is 16.5. The van der Waals surface area contributed by atoms with Gasteiger partial charge in [-0.2, -0.15) is 0 Å². The van der Waals surface area contributed by atoms with Crippen molar-refractivity contribution in [2.75, 3.05) is 6.61 Å². The minimum Gasteiger partial charge on any atom is -0.480 e. The zero-order valence-electron chi connectivity index (χ0n) is 18.0. The minimum atomic E-state index is -1.07. The molecule has 2 aromatic rings. The minimum absolute atomic E-state index is 0.0514. The summed E-state index contributed by atoms with van der Waals surface area (Å²) >= 11 is 0. The molecule has 2 N–H and O–H groups in total. The number of carbonyl (C=O) groups excluding carboxylic acids is 1. The topological polar surface area (TPSA) is 75.6 Å². The van der Waals surface area contributed by atoms with Crippen LogP contribution in [0, 0.1) is 0 Å². The third-order valence-electron chi connectivity index (χ3n) is 5.70. The van der Waals surface area contributed by atoms with Gasteiger partial charge in [-0.25, -0.2) is 9.59 Å². The SMILES string of the molecule is CCCCCC/C=C/CC(NC(=O)OCC1c2ccccc2-c2ccccc21)C(=O)O. The number of allylic oxidation sites excluding steroid dienone is 1. The molecule has 2 aromatic carbocycles. The van der Waals surface area contributed by atoms with Crippen molar-refractivity contribution in [2.45, 2.75) is 57.4 Å². The molecule has 0 saturated heterocycles. The number of carboxylic acid groups (broad SMARTS) is 1. The molecule has 0 spiro atoms. The van der Waals surface area contributed by atoms with Crippen LogP contribution < -0.4 is 5.32 Å². The van der Waals surface area contributed by atoms with Crippen LogP contribution in [0.3, 0.4) is 0 Å². The highest BCUT2D eigenvalue weighted by Crippen LogP contribution is 2.44. The summed E-state index contributed by atoms with van der Waals surface area (Å²) in [5.74, 6) is -1.12. The van der Waals surface area contributed by atoms with E-state index in [1.54, 1.807) is 0 Å². The Labute approximate surface area is 184 Å². The lowest BCUT2D eigenvalue weighted by atomic mass is 9.98. The molecule has 0 aromatic heterocycles. The Kier molecular flexibility index (Phi) is 8.27. The fraction of sp³-hybridized carbons (Fsp3) is 0.385. The molecule has 0 fully saturated rings.